The van der Waals surface area contributed by atoms with Crippen LogP contribution in [-0.4, -0.2) is 43.5 Å². The fourth-order valence-corrected chi connectivity index (χ4v) is 4.90. The van der Waals surface area contributed by atoms with Crippen molar-refractivity contribution < 1.29 is 26.3 Å². The maximum absolute atomic E-state index is 13.2. The van der Waals surface area contributed by atoms with Gasteiger partial charge in [0, 0.05) is 13.1 Å². The van der Waals surface area contributed by atoms with Crippen LogP contribution >= 0.6 is 11.7 Å². The first-order chi connectivity index (χ1) is 13.8. The lowest BCUT2D eigenvalue weighted by Crippen LogP contribution is -2.36. The second kappa shape index (κ2) is 7.43. The number of ether oxygens (including phenoxy) is 1. The Bertz CT molecular complexity index is 1140. The quantitative estimate of drug-likeness (QED) is 0.665. The molecule has 12 heteroatoms. The molecule has 3 aromatic rings. The van der Waals surface area contributed by atoms with Gasteiger partial charge in [0.05, 0.1) is 41.9 Å². The van der Waals surface area contributed by atoms with Gasteiger partial charge in [-0.1, -0.05) is 6.07 Å². The van der Waals surface area contributed by atoms with Gasteiger partial charge in [-0.3, -0.25) is 4.72 Å². The molecule has 1 aromatic heterocycles. The van der Waals surface area contributed by atoms with E-state index in [1.807, 2.05) is 0 Å². The van der Waals surface area contributed by atoms with Crippen molar-refractivity contribution in [2.45, 2.75) is 11.1 Å². The summed E-state index contributed by atoms with van der Waals surface area (Å²) in [5.41, 5.74) is -0.170. The predicted molar refractivity (Wildman–Crippen MR) is 103 cm³/mol. The summed E-state index contributed by atoms with van der Waals surface area (Å²) in [6.07, 6.45) is -4.61. The molecule has 1 aliphatic rings. The van der Waals surface area contributed by atoms with Gasteiger partial charge in [-0.05, 0) is 30.3 Å². The lowest BCUT2D eigenvalue weighted by molar-refractivity contribution is -0.137. The highest BCUT2D eigenvalue weighted by atomic mass is 32.2. The van der Waals surface area contributed by atoms with Gasteiger partial charge in [-0.15, -0.1) is 0 Å². The zero-order valence-corrected chi connectivity index (χ0v) is 16.4. The summed E-state index contributed by atoms with van der Waals surface area (Å²) in [4.78, 5) is 1.64. The number of sulfonamides is 1. The molecule has 0 bridgehead atoms. The Hall–Kier alpha value is -2.44. The van der Waals surface area contributed by atoms with Gasteiger partial charge in [0.1, 0.15) is 15.9 Å². The fraction of sp³-hybridized carbons (Fsp3) is 0.294. The minimum absolute atomic E-state index is 0.144. The van der Waals surface area contributed by atoms with E-state index in [4.69, 9.17) is 4.74 Å². The number of anilines is 2. The van der Waals surface area contributed by atoms with Gasteiger partial charge in [0.15, 0.2) is 0 Å². The van der Waals surface area contributed by atoms with Gasteiger partial charge < -0.3 is 9.64 Å². The van der Waals surface area contributed by atoms with Crippen LogP contribution in [0, 0.1) is 0 Å². The highest BCUT2D eigenvalue weighted by molar-refractivity contribution is 7.93. The van der Waals surface area contributed by atoms with Crippen LogP contribution in [0.15, 0.2) is 41.3 Å². The summed E-state index contributed by atoms with van der Waals surface area (Å²) >= 11 is 0.858. The first-order valence-electron chi connectivity index (χ1n) is 8.54. The highest BCUT2D eigenvalue weighted by Gasteiger charge is 2.32. The van der Waals surface area contributed by atoms with Crippen molar-refractivity contribution in [3.63, 3.8) is 0 Å². The maximum Gasteiger partial charge on any atom is 0.416 e. The third-order valence-electron chi connectivity index (χ3n) is 4.46. The second-order valence-corrected chi connectivity index (χ2v) is 8.50. The Morgan fingerprint density at radius 3 is 2.59 bits per heavy atom. The third kappa shape index (κ3) is 4.00. The van der Waals surface area contributed by atoms with Gasteiger partial charge in [0.2, 0.25) is 0 Å². The molecule has 1 N–H and O–H groups in total. The largest absolute Gasteiger partial charge is 0.416 e. The number of hydrogen-bond donors (Lipinski definition) is 1. The number of aromatic nitrogens is 2. The average Bonchev–Trinajstić information content (AvgIpc) is 3.16. The molecule has 0 radical (unpaired) electrons. The van der Waals surface area contributed by atoms with Crippen LogP contribution in [-0.2, 0) is 20.9 Å². The lowest BCUT2D eigenvalue weighted by atomic mass is 10.1. The smallest absolute Gasteiger partial charge is 0.378 e. The van der Waals surface area contributed by atoms with Crippen LogP contribution in [0.4, 0.5) is 24.5 Å². The second-order valence-electron chi connectivity index (χ2n) is 6.32. The minimum atomic E-state index is -4.61. The van der Waals surface area contributed by atoms with Crippen molar-refractivity contribution in [3.05, 3.63) is 42.0 Å². The molecule has 0 unspecified atom stereocenters. The van der Waals surface area contributed by atoms with Crippen molar-refractivity contribution >= 4 is 44.2 Å². The number of nitrogens with zero attached hydrogens (tertiary/aromatic N) is 3. The Balaban J connectivity index is 1.78. The molecular weight excluding hydrogens is 429 g/mol. The molecule has 0 aliphatic carbocycles. The molecule has 0 amide bonds. The van der Waals surface area contributed by atoms with Gasteiger partial charge in [-0.2, -0.15) is 21.9 Å². The number of nitrogens with one attached hydrogen (secondary N) is 1. The van der Waals surface area contributed by atoms with Crippen molar-refractivity contribution in [2.24, 2.45) is 0 Å². The number of halogens is 3. The summed E-state index contributed by atoms with van der Waals surface area (Å²) < 4.78 is 81.3. The number of morpholine rings is 1. The van der Waals surface area contributed by atoms with E-state index in [9.17, 15) is 21.6 Å². The highest BCUT2D eigenvalue weighted by Crippen LogP contribution is 2.37. The number of fused-ring (bicyclic) bond motifs is 1. The summed E-state index contributed by atoms with van der Waals surface area (Å²) in [6, 6.07) is 7.48. The fourth-order valence-electron chi connectivity index (χ4n) is 3.07. The van der Waals surface area contributed by atoms with Crippen LogP contribution in [0.1, 0.15) is 5.56 Å². The molecule has 1 saturated heterocycles. The molecule has 4 rings (SSSR count). The molecule has 1 aliphatic heterocycles. The molecule has 29 heavy (non-hydrogen) atoms. The average molecular weight is 444 g/mol. The van der Waals surface area contributed by atoms with E-state index in [-0.39, 0.29) is 16.1 Å². The minimum Gasteiger partial charge on any atom is -0.378 e. The van der Waals surface area contributed by atoms with Crippen LogP contribution in [0.3, 0.4) is 0 Å². The first kappa shape index (κ1) is 19.9. The van der Waals surface area contributed by atoms with Crippen LogP contribution in [0.2, 0.25) is 0 Å². The lowest BCUT2D eigenvalue weighted by Gasteiger charge is -2.31. The first-order valence-corrected chi connectivity index (χ1v) is 10.7. The molecule has 7 nitrogen and oxygen atoms in total. The summed E-state index contributed by atoms with van der Waals surface area (Å²) in [6.45, 7) is 1.67. The third-order valence-corrected chi connectivity index (χ3v) is 6.40. The monoisotopic (exact) mass is 444 g/mol. The van der Waals surface area contributed by atoms with Crippen molar-refractivity contribution in [1.29, 1.82) is 0 Å². The summed E-state index contributed by atoms with van der Waals surface area (Å²) in [5, 5.41) is 0. The Morgan fingerprint density at radius 1 is 1.10 bits per heavy atom. The van der Waals surface area contributed by atoms with E-state index in [0.29, 0.717) is 37.5 Å². The van der Waals surface area contributed by atoms with E-state index in [2.05, 4.69) is 13.5 Å². The summed E-state index contributed by atoms with van der Waals surface area (Å²) in [7, 11) is -4.20. The molecule has 0 spiro atoms. The van der Waals surface area contributed by atoms with Crippen molar-refractivity contribution in [2.75, 3.05) is 35.9 Å². The standard InChI is InChI=1S/C17H15F3N4O3S2/c18-17(19,20)11-4-5-14(24-6-8-27-9-7-24)13(10-11)23-29(25,26)15-3-1-2-12-16(15)22-28-21-12/h1-5,10,23H,6-9H2. The normalized spacial score (nSPS) is 15.6. The molecule has 0 saturated carbocycles. The van der Waals surface area contributed by atoms with E-state index < -0.39 is 21.8 Å². The Kier molecular flexibility index (Phi) is 5.09. The SMILES string of the molecule is O=S(=O)(Nc1cc(C(F)(F)F)ccc1N1CCOCC1)c1cccc2nsnc12. The Morgan fingerprint density at radius 2 is 1.86 bits per heavy atom. The maximum atomic E-state index is 13.2. The van der Waals surface area contributed by atoms with Gasteiger partial charge in [0.25, 0.3) is 10.0 Å². The van der Waals surface area contributed by atoms with Crippen LogP contribution < -0.4 is 9.62 Å². The van der Waals surface area contributed by atoms with Crippen molar-refractivity contribution in [1.82, 2.24) is 8.75 Å². The van der Waals surface area contributed by atoms with Gasteiger partial charge >= 0.3 is 6.18 Å². The zero-order valence-electron chi connectivity index (χ0n) is 14.8. The molecule has 2 heterocycles. The number of benzene rings is 2. The predicted octanol–water partition coefficient (Wildman–Crippen LogP) is 3.35. The van der Waals surface area contributed by atoms with E-state index in [1.54, 1.807) is 11.0 Å². The number of alkyl halides is 3. The molecular formula is C17H15F3N4O3S2. The van der Waals surface area contributed by atoms with E-state index in [0.717, 1.165) is 23.9 Å². The van der Waals surface area contributed by atoms with E-state index >= 15 is 0 Å². The summed E-state index contributed by atoms with van der Waals surface area (Å²) in [5.74, 6) is 0. The molecule has 2 aromatic carbocycles. The van der Waals surface area contributed by atoms with Crippen LogP contribution in [0.5, 0.6) is 0 Å². The van der Waals surface area contributed by atoms with Gasteiger partial charge in [-0.25, -0.2) is 8.42 Å². The Labute approximate surface area is 168 Å². The molecule has 0 atom stereocenters. The topological polar surface area (TPSA) is 84.4 Å². The molecule has 1 fully saturated rings. The number of hydrogen-bond acceptors (Lipinski definition) is 7. The van der Waals surface area contributed by atoms with Crippen LogP contribution in [0.25, 0.3) is 11.0 Å². The zero-order chi connectivity index (χ0) is 20.6. The van der Waals surface area contributed by atoms with Crippen molar-refractivity contribution in [3.8, 4) is 0 Å². The van der Waals surface area contributed by atoms with E-state index in [1.165, 1.54) is 18.2 Å². The molecule has 154 valence electrons. The number of rotatable bonds is 4.